The molecule has 0 spiro atoms. The maximum absolute atomic E-state index is 13.2. The number of nitrogens with zero attached hydrogens (tertiary/aromatic N) is 2. The maximum Gasteiger partial charge on any atom is 0.401 e. The van der Waals surface area contributed by atoms with Gasteiger partial charge in [0.1, 0.15) is 12.6 Å². The monoisotopic (exact) mass is 586 g/mol. The van der Waals surface area contributed by atoms with Crippen molar-refractivity contribution in [2.24, 2.45) is 0 Å². The first-order valence-corrected chi connectivity index (χ1v) is 12.1. The van der Waals surface area contributed by atoms with Gasteiger partial charge in [0.15, 0.2) is 0 Å². The number of carbonyl (C=O) groups is 3. The quantitative estimate of drug-likeness (QED) is 0.435. The Morgan fingerprint density at radius 3 is 2.21 bits per heavy atom. The normalized spacial score (nSPS) is 15.5. The van der Waals surface area contributed by atoms with Gasteiger partial charge < -0.3 is 20.3 Å². The van der Waals surface area contributed by atoms with Crippen LogP contribution in [-0.2, 0) is 14.3 Å². The van der Waals surface area contributed by atoms with E-state index >= 15 is 0 Å². The SMILES string of the molecule is O=C(NC[C@H](C(=O)Nc1ccc(N2CCOCC2=O)cc1)N(CC(F)(F)F)CC(F)(F)F)c1ccc(Cl)s1. The molecule has 208 valence electrons. The number of ether oxygens (including phenoxy) is 1. The molecule has 2 heterocycles. The van der Waals surface area contributed by atoms with Crippen molar-refractivity contribution in [2.45, 2.75) is 18.4 Å². The number of halogens is 7. The molecule has 1 fully saturated rings. The number of carbonyl (C=O) groups excluding carboxylic acids is 3. The second kappa shape index (κ2) is 12.3. The van der Waals surface area contributed by atoms with Crippen LogP contribution in [0.2, 0.25) is 4.34 Å². The molecule has 0 saturated carbocycles. The van der Waals surface area contributed by atoms with Crippen LogP contribution in [0, 0.1) is 0 Å². The van der Waals surface area contributed by atoms with E-state index in [9.17, 15) is 40.7 Å². The molecule has 16 heteroatoms. The summed E-state index contributed by atoms with van der Waals surface area (Å²) in [6, 6.07) is 6.27. The summed E-state index contributed by atoms with van der Waals surface area (Å²) in [7, 11) is 0. The van der Waals surface area contributed by atoms with Crippen molar-refractivity contribution in [1.29, 1.82) is 0 Å². The lowest BCUT2D eigenvalue weighted by molar-refractivity contribution is -0.186. The average molecular weight is 587 g/mol. The van der Waals surface area contributed by atoms with Gasteiger partial charge in [0, 0.05) is 24.5 Å². The molecular formula is C22H21ClF6N4O4S. The van der Waals surface area contributed by atoms with Crippen LogP contribution < -0.4 is 15.5 Å². The van der Waals surface area contributed by atoms with E-state index in [0.717, 1.165) is 11.3 Å². The van der Waals surface area contributed by atoms with Gasteiger partial charge in [0.2, 0.25) is 5.91 Å². The van der Waals surface area contributed by atoms with Crippen LogP contribution in [0.5, 0.6) is 0 Å². The van der Waals surface area contributed by atoms with E-state index in [1.807, 2.05) is 0 Å². The van der Waals surface area contributed by atoms with Gasteiger partial charge in [-0.1, -0.05) is 11.6 Å². The zero-order chi connectivity index (χ0) is 28.1. The van der Waals surface area contributed by atoms with E-state index < -0.39 is 49.8 Å². The zero-order valence-corrected chi connectivity index (χ0v) is 20.9. The predicted molar refractivity (Wildman–Crippen MR) is 127 cm³/mol. The molecule has 1 aliphatic heterocycles. The van der Waals surface area contributed by atoms with Gasteiger partial charge in [-0.05, 0) is 36.4 Å². The Morgan fingerprint density at radius 2 is 1.68 bits per heavy atom. The summed E-state index contributed by atoms with van der Waals surface area (Å²) in [5.74, 6) is -2.33. The summed E-state index contributed by atoms with van der Waals surface area (Å²) in [5, 5.41) is 4.50. The third kappa shape index (κ3) is 8.85. The minimum absolute atomic E-state index is 0.0554. The number of amides is 3. The van der Waals surface area contributed by atoms with Crippen LogP contribution in [0.4, 0.5) is 37.7 Å². The van der Waals surface area contributed by atoms with Gasteiger partial charge in [0.05, 0.1) is 28.9 Å². The molecule has 0 radical (unpaired) electrons. The number of nitrogens with one attached hydrogen (secondary N) is 2. The zero-order valence-electron chi connectivity index (χ0n) is 19.4. The fourth-order valence-electron chi connectivity index (χ4n) is 3.58. The van der Waals surface area contributed by atoms with E-state index in [1.165, 1.54) is 41.3 Å². The smallest absolute Gasteiger partial charge is 0.370 e. The Balaban J connectivity index is 1.80. The van der Waals surface area contributed by atoms with Crippen molar-refractivity contribution in [3.8, 4) is 0 Å². The Hall–Kier alpha value is -2.88. The van der Waals surface area contributed by atoms with E-state index in [-0.39, 0.29) is 38.9 Å². The average Bonchev–Trinajstić information content (AvgIpc) is 3.24. The second-order valence-corrected chi connectivity index (χ2v) is 9.81. The summed E-state index contributed by atoms with van der Waals surface area (Å²) < 4.78 is 84.3. The van der Waals surface area contributed by atoms with Gasteiger partial charge in [-0.3, -0.25) is 19.3 Å². The van der Waals surface area contributed by atoms with Gasteiger partial charge in [-0.2, -0.15) is 26.3 Å². The van der Waals surface area contributed by atoms with Gasteiger partial charge in [0.25, 0.3) is 11.8 Å². The van der Waals surface area contributed by atoms with Gasteiger partial charge >= 0.3 is 12.4 Å². The number of alkyl halides is 6. The summed E-state index contributed by atoms with van der Waals surface area (Å²) >= 11 is 6.60. The summed E-state index contributed by atoms with van der Waals surface area (Å²) in [6.07, 6.45) is -10.1. The number of rotatable bonds is 9. The van der Waals surface area contributed by atoms with Crippen molar-refractivity contribution in [3.05, 3.63) is 45.6 Å². The Labute approximate surface area is 221 Å². The lowest BCUT2D eigenvalue weighted by atomic mass is 10.2. The molecule has 2 aromatic rings. The molecule has 1 aromatic heterocycles. The molecule has 38 heavy (non-hydrogen) atoms. The third-order valence-electron chi connectivity index (χ3n) is 5.19. The maximum atomic E-state index is 13.2. The van der Waals surface area contributed by atoms with Crippen molar-refractivity contribution in [3.63, 3.8) is 0 Å². The van der Waals surface area contributed by atoms with E-state index in [1.54, 1.807) is 0 Å². The van der Waals surface area contributed by atoms with E-state index in [0.29, 0.717) is 12.3 Å². The Morgan fingerprint density at radius 1 is 1.05 bits per heavy atom. The van der Waals surface area contributed by atoms with E-state index in [4.69, 9.17) is 16.3 Å². The van der Waals surface area contributed by atoms with Crippen LogP contribution in [0.25, 0.3) is 0 Å². The molecule has 1 saturated heterocycles. The van der Waals surface area contributed by atoms with Gasteiger partial charge in [-0.15, -0.1) is 11.3 Å². The topological polar surface area (TPSA) is 91.0 Å². The Bertz CT molecular complexity index is 1130. The minimum atomic E-state index is -5.07. The van der Waals surface area contributed by atoms with Crippen molar-refractivity contribution in [1.82, 2.24) is 10.2 Å². The first kappa shape index (κ1) is 29.7. The molecule has 8 nitrogen and oxygen atoms in total. The lowest BCUT2D eigenvalue weighted by Gasteiger charge is -2.32. The predicted octanol–water partition coefficient (Wildman–Crippen LogP) is 3.93. The summed E-state index contributed by atoms with van der Waals surface area (Å²) in [6.45, 7) is -4.48. The molecule has 0 unspecified atom stereocenters. The molecule has 1 aliphatic rings. The van der Waals surface area contributed by atoms with Crippen molar-refractivity contribution in [2.75, 3.05) is 49.6 Å². The number of hydrogen-bond acceptors (Lipinski definition) is 6. The molecule has 0 bridgehead atoms. The first-order chi connectivity index (χ1) is 17.7. The van der Waals surface area contributed by atoms with Crippen molar-refractivity contribution < 1.29 is 45.5 Å². The number of benzene rings is 1. The van der Waals surface area contributed by atoms with Crippen LogP contribution in [-0.4, -0.2) is 80.4 Å². The van der Waals surface area contributed by atoms with Gasteiger partial charge in [-0.25, -0.2) is 0 Å². The Kier molecular flexibility index (Phi) is 9.62. The number of anilines is 2. The second-order valence-electron chi connectivity index (χ2n) is 8.10. The number of thiophene rings is 1. The first-order valence-electron chi connectivity index (χ1n) is 10.9. The third-order valence-corrected chi connectivity index (χ3v) is 6.42. The largest absolute Gasteiger partial charge is 0.401 e. The highest BCUT2D eigenvalue weighted by Crippen LogP contribution is 2.25. The molecule has 3 amide bonds. The highest BCUT2D eigenvalue weighted by molar-refractivity contribution is 7.18. The molecule has 2 N–H and O–H groups in total. The molecule has 1 aromatic carbocycles. The van der Waals surface area contributed by atoms with Crippen LogP contribution >= 0.6 is 22.9 Å². The fourth-order valence-corrected chi connectivity index (χ4v) is 4.54. The minimum Gasteiger partial charge on any atom is -0.370 e. The molecule has 1 atom stereocenters. The molecule has 0 aliphatic carbocycles. The standard InChI is InChI=1S/C22H21ClF6N4O4S/c23-17-6-5-16(38-17)20(36)30-9-15(32(11-21(24,25)26)12-22(27,28)29)19(35)31-13-1-3-14(4-2-13)33-7-8-37-10-18(33)34/h1-6,15H,7-12H2,(H,30,36)(H,31,35)/t15-/m1/s1. The number of morpholine rings is 1. The summed E-state index contributed by atoms with van der Waals surface area (Å²) in [4.78, 5) is 38.7. The van der Waals surface area contributed by atoms with E-state index in [2.05, 4.69) is 10.6 Å². The highest BCUT2D eigenvalue weighted by Gasteiger charge is 2.42. The van der Waals surface area contributed by atoms with Crippen molar-refractivity contribution >= 4 is 52.0 Å². The van der Waals surface area contributed by atoms with Crippen LogP contribution in [0.1, 0.15) is 9.67 Å². The molecule has 3 rings (SSSR count). The summed E-state index contributed by atoms with van der Waals surface area (Å²) in [5.41, 5.74) is 0.519. The van der Waals surface area contributed by atoms with Crippen LogP contribution in [0.15, 0.2) is 36.4 Å². The fraction of sp³-hybridized carbons (Fsp3) is 0.409. The highest BCUT2D eigenvalue weighted by atomic mass is 35.5. The number of hydrogen-bond donors (Lipinski definition) is 2. The van der Waals surface area contributed by atoms with Crippen LogP contribution in [0.3, 0.4) is 0 Å². The molecular weight excluding hydrogens is 566 g/mol. The lowest BCUT2D eigenvalue weighted by Crippen LogP contribution is -2.55.